The van der Waals surface area contributed by atoms with Crippen molar-refractivity contribution in [3.05, 3.63) is 86.5 Å². The van der Waals surface area contributed by atoms with Crippen molar-refractivity contribution >= 4 is 22.8 Å². The van der Waals surface area contributed by atoms with E-state index in [2.05, 4.69) is 17.1 Å². The molecule has 0 heterocycles. The van der Waals surface area contributed by atoms with E-state index in [0.29, 0.717) is 5.71 Å². The van der Waals surface area contributed by atoms with Gasteiger partial charge in [0.15, 0.2) is 0 Å². The van der Waals surface area contributed by atoms with Crippen molar-refractivity contribution < 1.29 is 9.85 Å². The van der Waals surface area contributed by atoms with Crippen molar-refractivity contribution in [1.82, 2.24) is 0 Å². The van der Waals surface area contributed by atoms with Crippen LogP contribution in [0.15, 0.2) is 60.2 Å². The molecule has 2 aromatic carbocycles. The highest BCUT2D eigenvalue weighted by atomic mass is 16.6. The second-order valence-corrected chi connectivity index (χ2v) is 4.89. The molecule has 0 aromatic heterocycles. The summed E-state index contributed by atoms with van der Waals surface area (Å²) < 4.78 is 0. The first kappa shape index (κ1) is 16.8. The average molecular weight is 326 g/mol. The van der Waals surface area contributed by atoms with Crippen LogP contribution in [0.5, 0.6) is 0 Å². The molecule has 8 heteroatoms. The highest BCUT2D eigenvalue weighted by molar-refractivity contribution is 6.08. The molecule has 0 amide bonds. The molecule has 0 spiro atoms. The Kier molecular flexibility index (Phi) is 5.00. The molecular formula is C16H14N4O4. The molecule has 0 radical (unpaired) electrons. The smallest absolute Gasteiger partial charge is 0.271 e. The monoisotopic (exact) mass is 326 g/mol. The summed E-state index contributed by atoms with van der Waals surface area (Å²) in [5.41, 5.74) is 4.20. The Bertz CT molecular complexity index is 828. The maximum atomic E-state index is 11.1. The standard InChI is InChI=1S/C16H14N4O4/c1-3-14(12-6-4-11(2)5-7-12)17-18-15-9-8-13(19(21)22)10-16(15)20(23)24/h3-10,18H,1H2,2H3. The number of nitrogens with one attached hydrogen (secondary N) is 1. The molecule has 0 fully saturated rings. The minimum atomic E-state index is -0.704. The molecule has 0 aliphatic rings. The van der Waals surface area contributed by atoms with Gasteiger partial charge in [0.25, 0.3) is 5.69 Å². The zero-order chi connectivity index (χ0) is 17.7. The van der Waals surface area contributed by atoms with Crippen molar-refractivity contribution in [3.8, 4) is 0 Å². The van der Waals surface area contributed by atoms with Gasteiger partial charge in [0, 0.05) is 11.6 Å². The third-order valence-corrected chi connectivity index (χ3v) is 3.23. The van der Waals surface area contributed by atoms with Crippen molar-refractivity contribution in [3.63, 3.8) is 0 Å². The lowest BCUT2D eigenvalue weighted by Gasteiger charge is -2.05. The summed E-state index contributed by atoms with van der Waals surface area (Å²) >= 11 is 0. The maximum absolute atomic E-state index is 11.1. The highest BCUT2D eigenvalue weighted by Crippen LogP contribution is 2.29. The number of nitrogens with zero attached hydrogens (tertiary/aromatic N) is 3. The number of anilines is 1. The Morgan fingerprint density at radius 1 is 1.12 bits per heavy atom. The number of benzene rings is 2. The van der Waals surface area contributed by atoms with Crippen LogP contribution >= 0.6 is 0 Å². The van der Waals surface area contributed by atoms with Gasteiger partial charge in [0.05, 0.1) is 21.6 Å². The van der Waals surface area contributed by atoms with Gasteiger partial charge in [-0.3, -0.25) is 25.7 Å². The molecular weight excluding hydrogens is 312 g/mol. The van der Waals surface area contributed by atoms with Crippen LogP contribution in [-0.4, -0.2) is 15.6 Å². The number of hydrogen-bond donors (Lipinski definition) is 1. The Morgan fingerprint density at radius 2 is 1.79 bits per heavy atom. The van der Waals surface area contributed by atoms with Crippen LogP contribution in [-0.2, 0) is 0 Å². The summed E-state index contributed by atoms with van der Waals surface area (Å²) in [4.78, 5) is 20.4. The summed E-state index contributed by atoms with van der Waals surface area (Å²) in [6, 6.07) is 10.8. The number of rotatable bonds is 6. The molecule has 2 rings (SSSR count). The lowest BCUT2D eigenvalue weighted by atomic mass is 10.1. The van der Waals surface area contributed by atoms with Crippen LogP contribution in [0, 0.1) is 27.2 Å². The van der Waals surface area contributed by atoms with Crippen LogP contribution in [0.3, 0.4) is 0 Å². The minimum absolute atomic E-state index is 0.0528. The maximum Gasteiger partial charge on any atom is 0.301 e. The van der Waals surface area contributed by atoms with Gasteiger partial charge in [-0.2, -0.15) is 5.10 Å². The molecule has 0 aliphatic carbocycles. The van der Waals surface area contributed by atoms with E-state index in [4.69, 9.17) is 0 Å². The number of nitro groups is 2. The van der Waals surface area contributed by atoms with Crippen LogP contribution in [0.1, 0.15) is 11.1 Å². The lowest BCUT2D eigenvalue weighted by Crippen LogP contribution is -2.03. The van der Waals surface area contributed by atoms with E-state index in [0.717, 1.165) is 17.2 Å². The quantitative estimate of drug-likeness (QED) is 0.493. The summed E-state index contributed by atoms with van der Waals surface area (Å²) in [6.45, 7) is 5.62. The Hall–Kier alpha value is -3.55. The molecule has 0 atom stereocenters. The molecule has 122 valence electrons. The topological polar surface area (TPSA) is 111 Å². The fourth-order valence-electron chi connectivity index (χ4n) is 1.95. The van der Waals surface area contributed by atoms with E-state index < -0.39 is 15.5 Å². The van der Waals surface area contributed by atoms with Crippen molar-refractivity contribution in [2.24, 2.45) is 5.10 Å². The SMILES string of the molecule is C=CC(=NNc1ccc([N+](=O)[O-])cc1[N+](=O)[O-])c1ccc(C)cc1. The Labute approximate surface area is 137 Å². The molecule has 2 aromatic rings. The zero-order valence-corrected chi connectivity index (χ0v) is 12.8. The second kappa shape index (κ2) is 7.14. The van der Waals surface area contributed by atoms with Crippen LogP contribution in [0.2, 0.25) is 0 Å². The summed E-state index contributed by atoms with van der Waals surface area (Å²) in [5.74, 6) is 0. The molecule has 24 heavy (non-hydrogen) atoms. The number of hydrazone groups is 1. The van der Waals surface area contributed by atoms with Gasteiger partial charge in [-0.25, -0.2) is 0 Å². The van der Waals surface area contributed by atoms with E-state index >= 15 is 0 Å². The van der Waals surface area contributed by atoms with Gasteiger partial charge >= 0.3 is 5.69 Å². The molecule has 0 saturated heterocycles. The molecule has 0 saturated carbocycles. The first-order valence-electron chi connectivity index (χ1n) is 6.88. The number of nitro benzene ring substituents is 2. The van der Waals surface area contributed by atoms with E-state index in [-0.39, 0.29) is 11.4 Å². The third-order valence-electron chi connectivity index (χ3n) is 3.23. The molecule has 0 unspecified atom stereocenters. The van der Waals surface area contributed by atoms with E-state index in [9.17, 15) is 20.2 Å². The molecule has 8 nitrogen and oxygen atoms in total. The molecule has 1 N–H and O–H groups in total. The summed E-state index contributed by atoms with van der Waals surface area (Å²) in [7, 11) is 0. The Balaban J connectivity index is 2.35. The van der Waals surface area contributed by atoms with Crippen LogP contribution < -0.4 is 5.43 Å². The summed E-state index contributed by atoms with van der Waals surface area (Å²) in [5, 5.41) is 25.9. The lowest BCUT2D eigenvalue weighted by molar-refractivity contribution is -0.393. The number of non-ortho nitro benzene ring substituents is 1. The number of hydrogen-bond acceptors (Lipinski definition) is 6. The van der Waals surface area contributed by atoms with Gasteiger partial charge in [-0.1, -0.05) is 36.4 Å². The third kappa shape index (κ3) is 3.80. The fraction of sp³-hybridized carbons (Fsp3) is 0.0625. The van der Waals surface area contributed by atoms with Gasteiger partial charge in [-0.05, 0) is 19.1 Å². The molecule has 0 bridgehead atoms. The normalized spacial score (nSPS) is 11.0. The fourth-order valence-corrected chi connectivity index (χ4v) is 1.95. The number of aryl methyl sites for hydroxylation is 1. The first-order chi connectivity index (χ1) is 11.4. The van der Waals surface area contributed by atoms with Gasteiger partial charge < -0.3 is 0 Å². The Morgan fingerprint density at radius 3 is 2.33 bits per heavy atom. The van der Waals surface area contributed by atoms with Crippen LogP contribution in [0.4, 0.5) is 17.1 Å². The zero-order valence-electron chi connectivity index (χ0n) is 12.8. The van der Waals surface area contributed by atoms with Crippen molar-refractivity contribution in [2.45, 2.75) is 6.92 Å². The van der Waals surface area contributed by atoms with Crippen LogP contribution in [0.25, 0.3) is 0 Å². The first-order valence-corrected chi connectivity index (χ1v) is 6.88. The van der Waals surface area contributed by atoms with Crippen molar-refractivity contribution in [1.29, 1.82) is 0 Å². The predicted molar refractivity (Wildman–Crippen MR) is 91.3 cm³/mol. The minimum Gasteiger partial charge on any atom is -0.271 e. The van der Waals surface area contributed by atoms with E-state index in [1.54, 1.807) is 0 Å². The highest BCUT2D eigenvalue weighted by Gasteiger charge is 2.19. The summed E-state index contributed by atoms with van der Waals surface area (Å²) in [6.07, 6.45) is 1.51. The van der Waals surface area contributed by atoms with Gasteiger partial charge in [-0.15, -0.1) is 0 Å². The van der Waals surface area contributed by atoms with Crippen molar-refractivity contribution in [2.75, 3.05) is 5.43 Å². The largest absolute Gasteiger partial charge is 0.301 e. The van der Waals surface area contributed by atoms with E-state index in [1.165, 1.54) is 18.2 Å². The second-order valence-electron chi connectivity index (χ2n) is 4.89. The van der Waals surface area contributed by atoms with E-state index in [1.807, 2.05) is 31.2 Å². The predicted octanol–water partition coefficient (Wildman–Crippen LogP) is 3.81. The average Bonchev–Trinajstić information content (AvgIpc) is 2.56. The van der Waals surface area contributed by atoms with Gasteiger partial charge in [0.1, 0.15) is 5.69 Å². The molecule has 0 aliphatic heterocycles. The number of allylic oxidation sites excluding steroid dienone is 1. The van der Waals surface area contributed by atoms with Gasteiger partial charge in [0.2, 0.25) is 0 Å².